The lowest BCUT2D eigenvalue weighted by molar-refractivity contribution is -0.128. The van der Waals surface area contributed by atoms with Gasteiger partial charge in [-0.2, -0.15) is 0 Å². The molecule has 0 saturated carbocycles. The number of benzene rings is 1. The van der Waals surface area contributed by atoms with Crippen molar-refractivity contribution in [1.29, 1.82) is 0 Å². The number of amides is 3. The van der Waals surface area contributed by atoms with Crippen molar-refractivity contribution in [3.63, 3.8) is 0 Å². The van der Waals surface area contributed by atoms with Gasteiger partial charge in [-0.05, 0) is 18.6 Å². The third-order valence-corrected chi connectivity index (χ3v) is 2.91. The minimum absolute atomic E-state index is 0.0885. The predicted octanol–water partition coefficient (Wildman–Crippen LogP) is 0.600. The Hall–Kier alpha value is -2.58. The fourth-order valence-corrected chi connectivity index (χ4v) is 1.79. The number of rotatable bonds is 4. The van der Waals surface area contributed by atoms with Crippen LogP contribution in [0.1, 0.15) is 12.8 Å². The maximum atomic E-state index is 13.3. The Labute approximate surface area is 116 Å². The van der Waals surface area contributed by atoms with E-state index in [1.54, 1.807) is 0 Å². The van der Waals surface area contributed by atoms with Gasteiger partial charge in [-0.25, -0.2) is 13.2 Å². The van der Waals surface area contributed by atoms with Crippen LogP contribution in [0.25, 0.3) is 0 Å². The number of hydrogen-bond donors (Lipinski definition) is 3. The molecule has 1 fully saturated rings. The van der Waals surface area contributed by atoms with Gasteiger partial charge in [-0.15, -0.1) is 0 Å². The highest BCUT2D eigenvalue weighted by Gasteiger charge is 2.33. The van der Waals surface area contributed by atoms with E-state index in [0.29, 0.717) is 6.07 Å². The lowest BCUT2D eigenvalue weighted by atomic mass is 10.0. The molecule has 0 radical (unpaired) electrons. The molecule has 0 aliphatic carbocycles. The van der Waals surface area contributed by atoms with Crippen molar-refractivity contribution in [2.24, 2.45) is 5.92 Å². The molecule has 1 heterocycles. The van der Waals surface area contributed by atoms with Crippen LogP contribution in [0, 0.1) is 23.4 Å². The van der Waals surface area contributed by atoms with Crippen LogP contribution < -0.4 is 16.2 Å². The molecular formula is C12H10F3N3O3. The van der Waals surface area contributed by atoms with Crippen LogP contribution >= 0.6 is 0 Å². The topological polar surface area (TPSA) is 87.3 Å². The van der Waals surface area contributed by atoms with E-state index in [0.717, 1.165) is 6.07 Å². The average Bonchev–Trinajstić information content (AvgIpc) is 2.76. The highest BCUT2D eigenvalue weighted by Crippen LogP contribution is 2.20. The molecule has 0 unspecified atom stereocenters. The standard InChI is InChI=1S/C12H10F3N3O3/c13-6-2-3-7(10(15)9(6)14)16-8(19)4-1-5-11(20)17-18-12(5)21/h2-3,5H,1,4H2,(H,16,19)(H,17,20)(H,18,21). The smallest absolute Gasteiger partial charge is 0.251 e. The molecule has 1 saturated heterocycles. The number of anilines is 1. The first-order valence-electron chi connectivity index (χ1n) is 5.93. The van der Waals surface area contributed by atoms with Crippen molar-refractivity contribution in [3.05, 3.63) is 29.6 Å². The van der Waals surface area contributed by atoms with Crippen LogP contribution in [0.3, 0.4) is 0 Å². The van der Waals surface area contributed by atoms with Gasteiger partial charge in [0.25, 0.3) is 11.8 Å². The van der Waals surface area contributed by atoms with Crippen molar-refractivity contribution < 1.29 is 27.6 Å². The molecule has 0 atom stereocenters. The molecule has 1 aliphatic heterocycles. The summed E-state index contributed by atoms with van der Waals surface area (Å²) in [5.41, 5.74) is 3.67. The molecule has 2 rings (SSSR count). The van der Waals surface area contributed by atoms with Gasteiger partial charge >= 0.3 is 0 Å². The molecule has 1 aliphatic rings. The van der Waals surface area contributed by atoms with E-state index >= 15 is 0 Å². The number of halogens is 3. The summed E-state index contributed by atoms with van der Waals surface area (Å²) >= 11 is 0. The van der Waals surface area contributed by atoms with Gasteiger partial charge in [0, 0.05) is 6.42 Å². The summed E-state index contributed by atoms with van der Waals surface area (Å²) in [5, 5.41) is 2.05. The van der Waals surface area contributed by atoms with Crippen LogP contribution in [0.15, 0.2) is 12.1 Å². The van der Waals surface area contributed by atoms with Crippen LogP contribution in [-0.2, 0) is 14.4 Å². The summed E-state index contributed by atoms with van der Waals surface area (Å²) < 4.78 is 39.0. The molecule has 21 heavy (non-hydrogen) atoms. The van der Waals surface area contributed by atoms with Crippen LogP contribution in [-0.4, -0.2) is 17.7 Å². The van der Waals surface area contributed by atoms with E-state index in [9.17, 15) is 27.6 Å². The second kappa shape index (κ2) is 5.81. The maximum absolute atomic E-state index is 13.3. The zero-order valence-corrected chi connectivity index (χ0v) is 10.5. The van der Waals surface area contributed by atoms with E-state index in [2.05, 4.69) is 10.9 Å². The Morgan fingerprint density at radius 2 is 1.71 bits per heavy atom. The van der Waals surface area contributed by atoms with Gasteiger partial charge in [-0.3, -0.25) is 25.2 Å². The summed E-state index contributed by atoms with van der Waals surface area (Å²) in [6.07, 6.45) is -0.348. The molecule has 1 aromatic rings. The SMILES string of the molecule is O=C(CCC1C(=O)NNC1=O)Nc1ccc(F)c(F)c1F. The van der Waals surface area contributed by atoms with E-state index < -0.39 is 46.8 Å². The van der Waals surface area contributed by atoms with Crippen molar-refractivity contribution in [2.45, 2.75) is 12.8 Å². The lowest BCUT2D eigenvalue weighted by Crippen LogP contribution is -2.28. The molecular weight excluding hydrogens is 291 g/mol. The van der Waals surface area contributed by atoms with Crippen LogP contribution in [0.5, 0.6) is 0 Å². The predicted molar refractivity (Wildman–Crippen MR) is 64.0 cm³/mol. The lowest BCUT2D eigenvalue weighted by Gasteiger charge is -2.08. The fraction of sp³-hybridized carbons (Fsp3) is 0.250. The van der Waals surface area contributed by atoms with Gasteiger partial charge in [-0.1, -0.05) is 0 Å². The number of carbonyl (C=O) groups is 3. The van der Waals surface area contributed by atoms with Crippen molar-refractivity contribution in [3.8, 4) is 0 Å². The normalized spacial score (nSPS) is 14.8. The van der Waals surface area contributed by atoms with Gasteiger partial charge in [0.1, 0.15) is 5.92 Å². The molecule has 3 N–H and O–H groups in total. The second-order valence-corrected chi connectivity index (χ2v) is 4.34. The van der Waals surface area contributed by atoms with E-state index in [4.69, 9.17) is 0 Å². The summed E-state index contributed by atoms with van der Waals surface area (Å²) in [7, 11) is 0. The first-order valence-corrected chi connectivity index (χ1v) is 5.93. The van der Waals surface area contributed by atoms with Gasteiger partial charge in [0.15, 0.2) is 17.5 Å². The minimum Gasteiger partial charge on any atom is -0.324 e. The Morgan fingerprint density at radius 3 is 2.33 bits per heavy atom. The minimum atomic E-state index is -1.69. The average molecular weight is 301 g/mol. The number of carbonyl (C=O) groups excluding carboxylic acids is 3. The number of hydrazine groups is 1. The Kier molecular flexibility index (Phi) is 4.10. The first kappa shape index (κ1) is 14.8. The van der Waals surface area contributed by atoms with E-state index in [1.807, 2.05) is 5.32 Å². The molecule has 0 aromatic heterocycles. The molecule has 6 nitrogen and oxygen atoms in total. The van der Waals surface area contributed by atoms with Gasteiger partial charge in [0.05, 0.1) is 5.69 Å². The Balaban J connectivity index is 1.95. The zero-order valence-electron chi connectivity index (χ0n) is 10.5. The van der Waals surface area contributed by atoms with Crippen LogP contribution in [0.4, 0.5) is 18.9 Å². The monoisotopic (exact) mass is 301 g/mol. The first-order chi connectivity index (χ1) is 9.90. The highest BCUT2D eigenvalue weighted by molar-refractivity contribution is 6.05. The molecule has 0 spiro atoms. The highest BCUT2D eigenvalue weighted by atomic mass is 19.2. The third kappa shape index (κ3) is 3.12. The van der Waals surface area contributed by atoms with E-state index in [1.165, 1.54) is 0 Å². The fourth-order valence-electron chi connectivity index (χ4n) is 1.79. The summed E-state index contributed by atoms with van der Waals surface area (Å²) in [4.78, 5) is 34.0. The Bertz CT molecular complexity index is 605. The van der Waals surface area contributed by atoms with Crippen molar-refractivity contribution >= 4 is 23.4 Å². The van der Waals surface area contributed by atoms with Crippen molar-refractivity contribution in [2.75, 3.05) is 5.32 Å². The maximum Gasteiger partial charge on any atom is 0.251 e. The van der Waals surface area contributed by atoms with Crippen molar-refractivity contribution in [1.82, 2.24) is 10.9 Å². The van der Waals surface area contributed by atoms with Crippen LogP contribution in [0.2, 0.25) is 0 Å². The number of nitrogens with one attached hydrogen (secondary N) is 3. The summed E-state index contributed by atoms with van der Waals surface area (Å²) in [6, 6.07) is 1.55. The third-order valence-electron chi connectivity index (χ3n) is 2.91. The van der Waals surface area contributed by atoms with Gasteiger partial charge in [0.2, 0.25) is 5.91 Å². The molecule has 9 heteroatoms. The molecule has 1 aromatic carbocycles. The second-order valence-electron chi connectivity index (χ2n) is 4.34. The summed E-state index contributed by atoms with van der Waals surface area (Å²) in [5.74, 6) is -7.44. The van der Waals surface area contributed by atoms with E-state index in [-0.39, 0.29) is 12.8 Å². The number of hydrogen-bond acceptors (Lipinski definition) is 3. The summed E-state index contributed by atoms with van der Waals surface area (Å²) in [6.45, 7) is 0. The molecule has 112 valence electrons. The quantitative estimate of drug-likeness (QED) is 0.562. The molecule has 0 bridgehead atoms. The Morgan fingerprint density at radius 1 is 1.10 bits per heavy atom. The van der Waals surface area contributed by atoms with Gasteiger partial charge < -0.3 is 5.32 Å². The largest absolute Gasteiger partial charge is 0.324 e. The zero-order chi connectivity index (χ0) is 15.6. The molecule has 3 amide bonds.